The van der Waals surface area contributed by atoms with Gasteiger partial charge in [-0.25, -0.2) is 0 Å². The first kappa shape index (κ1) is 17.1. The first-order valence-corrected chi connectivity index (χ1v) is 8.24. The zero-order valence-corrected chi connectivity index (χ0v) is 14.6. The molecule has 1 heterocycles. The Hall–Kier alpha value is -2.69. The molecule has 126 valence electrons. The number of rotatable bonds is 3. The van der Waals surface area contributed by atoms with Crippen LogP contribution in [0.3, 0.4) is 0 Å². The molecule has 0 saturated carbocycles. The van der Waals surface area contributed by atoms with Crippen LogP contribution < -0.4 is 10.6 Å². The number of nitrogens with zero attached hydrogens (tertiary/aromatic N) is 3. The van der Waals surface area contributed by atoms with Gasteiger partial charge in [-0.3, -0.25) is 20.2 Å². The molecule has 2 N–H and O–H groups in total. The maximum Gasteiger partial charge on any atom is 0.289 e. The summed E-state index contributed by atoms with van der Waals surface area (Å²) in [6, 6.07) is 9.01. The Morgan fingerprint density at radius 2 is 1.96 bits per heavy atom. The Balaban J connectivity index is 1.70. The Morgan fingerprint density at radius 3 is 2.72 bits per heavy atom. The SMILES string of the molecule is O=C(NC(=S)Nc1ccc(Cl)c([N+](=O)[O-])c1)c1ccc2nsnc2c1. The standard InChI is InChI=1S/C14H8ClN5O3S2/c15-9-3-2-8(6-12(9)20(22)23)16-14(24)17-13(21)7-1-4-10-11(5-7)19-25-18-10/h1-6H,(H2,16,17,21,24). The van der Waals surface area contributed by atoms with E-state index >= 15 is 0 Å². The summed E-state index contributed by atoms with van der Waals surface area (Å²) < 4.78 is 8.13. The first-order valence-electron chi connectivity index (χ1n) is 6.72. The number of hydrogen-bond donors (Lipinski definition) is 2. The van der Waals surface area contributed by atoms with Crippen molar-refractivity contribution in [2.75, 3.05) is 5.32 Å². The fourth-order valence-electron chi connectivity index (χ4n) is 1.99. The molecule has 1 amide bonds. The number of anilines is 1. The molecule has 0 aliphatic carbocycles. The van der Waals surface area contributed by atoms with Crippen molar-refractivity contribution in [2.24, 2.45) is 0 Å². The number of nitrogens with one attached hydrogen (secondary N) is 2. The molecule has 3 aromatic rings. The quantitative estimate of drug-likeness (QED) is 0.398. The fraction of sp³-hybridized carbons (Fsp3) is 0. The van der Waals surface area contributed by atoms with Gasteiger partial charge in [0.2, 0.25) is 0 Å². The van der Waals surface area contributed by atoms with Gasteiger partial charge in [0.05, 0.1) is 16.7 Å². The number of carbonyl (C=O) groups excluding carboxylic acids is 1. The maximum absolute atomic E-state index is 12.2. The molecular formula is C14H8ClN5O3S2. The lowest BCUT2D eigenvalue weighted by molar-refractivity contribution is -0.384. The molecule has 0 aliphatic heterocycles. The molecular weight excluding hydrogens is 386 g/mol. The number of fused-ring (bicyclic) bond motifs is 1. The van der Waals surface area contributed by atoms with Crippen LogP contribution in [0.2, 0.25) is 5.02 Å². The summed E-state index contributed by atoms with van der Waals surface area (Å²) in [5.74, 6) is -0.434. The van der Waals surface area contributed by atoms with E-state index in [9.17, 15) is 14.9 Å². The summed E-state index contributed by atoms with van der Waals surface area (Å²) in [6.45, 7) is 0. The lowest BCUT2D eigenvalue weighted by Crippen LogP contribution is -2.34. The van der Waals surface area contributed by atoms with Crippen molar-refractivity contribution >= 4 is 69.0 Å². The minimum Gasteiger partial charge on any atom is -0.332 e. The topological polar surface area (TPSA) is 110 Å². The van der Waals surface area contributed by atoms with E-state index in [0.717, 1.165) is 11.7 Å². The van der Waals surface area contributed by atoms with Crippen LogP contribution in [0.5, 0.6) is 0 Å². The van der Waals surface area contributed by atoms with Gasteiger partial charge in [0.15, 0.2) is 5.11 Å². The predicted octanol–water partition coefficient (Wildman–Crippen LogP) is 3.38. The molecule has 0 aliphatic rings. The van der Waals surface area contributed by atoms with Crippen LogP contribution in [-0.2, 0) is 0 Å². The lowest BCUT2D eigenvalue weighted by atomic mass is 10.2. The lowest BCUT2D eigenvalue weighted by Gasteiger charge is -2.09. The highest BCUT2D eigenvalue weighted by atomic mass is 35.5. The van der Waals surface area contributed by atoms with Crippen molar-refractivity contribution in [1.82, 2.24) is 14.1 Å². The van der Waals surface area contributed by atoms with Gasteiger partial charge in [0.25, 0.3) is 11.6 Å². The minimum absolute atomic E-state index is 0.00174. The third-order valence-electron chi connectivity index (χ3n) is 3.14. The van der Waals surface area contributed by atoms with E-state index in [-0.39, 0.29) is 15.8 Å². The Morgan fingerprint density at radius 1 is 1.20 bits per heavy atom. The van der Waals surface area contributed by atoms with E-state index in [2.05, 4.69) is 19.4 Å². The number of hydrogen-bond acceptors (Lipinski definition) is 7. The molecule has 0 spiro atoms. The van der Waals surface area contributed by atoms with Crippen molar-refractivity contribution < 1.29 is 9.72 Å². The van der Waals surface area contributed by atoms with Gasteiger partial charge in [-0.15, -0.1) is 0 Å². The molecule has 0 saturated heterocycles. The summed E-state index contributed by atoms with van der Waals surface area (Å²) in [5, 5.41) is 16.1. The normalized spacial score (nSPS) is 10.4. The number of nitro benzene ring substituents is 1. The summed E-state index contributed by atoms with van der Waals surface area (Å²) >= 11 is 11.9. The van der Waals surface area contributed by atoms with Crippen LogP contribution >= 0.6 is 35.5 Å². The zero-order valence-electron chi connectivity index (χ0n) is 12.2. The van der Waals surface area contributed by atoms with Crippen molar-refractivity contribution in [1.29, 1.82) is 0 Å². The van der Waals surface area contributed by atoms with Crippen molar-refractivity contribution in [3.05, 3.63) is 57.1 Å². The molecule has 0 fully saturated rings. The molecule has 0 unspecified atom stereocenters. The Kier molecular flexibility index (Phi) is 4.83. The number of aromatic nitrogens is 2. The second-order valence-corrected chi connectivity index (χ2v) is 6.14. The smallest absolute Gasteiger partial charge is 0.289 e. The molecule has 25 heavy (non-hydrogen) atoms. The van der Waals surface area contributed by atoms with Crippen LogP contribution in [-0.4, -0.2) is 24.7 Å². The second-order valence-electron chi connectivity index (χ2n) is 4.80. The Bertz CT molecular complexity index is 1010. The summed E-state index contributed by atoms with van der Waals surface area (Å²) in [4.78, 5) is 22.5. The zero-order chi connectivity index (χ0) is 18.0. The van der Waals surface area contributed by atoms with Crippen LogP contribution in [0.4, 0.5) is 11.4 Å². The first-order chi connectivity index (χ1) is 11.9. The van der Waals surface area contributed by atoms with Gasteiger partial charge in [-0.2, -0.15) is 8.75 Å². The third-order valence-corrected chi connectivity index (χ3v) is 4.22. The van der Waals surface area contributed by atoms with Crippen LogP contribution in [0, 0.1) is 10.1 Å². The molecule has 8 nitrogen and oxygen atoms in total. The van der Waals surface area contributed by atoms with Gasteiger partial charge in [-0.1, -0.05) is 11.6 Å². The monoisotopic (exact) mass is 393 g/mol. The van der Waals surface area contributed by atoms with Gasteiger partial charge < -0.3 is 5.32 Å². The molecule has 3 rings (SSSR count). The number of thiocarbonyl (C=S) groups is 1. The molecule has 2 aromatic carbocycles. The van der Waals surface area contributed by atoms with E-state index < -0.39 is 10.8 Å². The largest absolute Gasteiger partial charge is 0.332 e. The van der Waals surface area contributed by atoms with Crippen LogP contribution in [0.1, 0.15) is 10.4 Å². The van der Waals surface area contributed by atoms with Crippen molar-refractivity contribution in [3.8, 4) is 0 Å². The summed E-state index contributed by atoms with van der Waals surface area (Å²) in [5.41, 5.74) is 1.76. The summed E-state index contributed by atoms with van der Waals surface area (Å²) in [7, 11) is 0. The molecule has 11 heteroatoms. The van der Waals surface area contributed by atoms with Crippen molar-refractivity contribution in [3.63, 3.8) is 0 Å². The number of amides is 1. The molecule has 0 atom stereocenters. The molecule has 0 radical (unpaired) electrons. The van der Waals surface area contributed by atoms with E-state index in [4.69, 9.17) is 23.8 Å². The molecule has 1 aromatic heterocycles. The van der Waals surface area contributed by atoms with Crippen LogP contribution in [0.15, 0.2) is 36.4 Å². The molecule has 0 bridgehead atoms. The van der Waals surface area contributed by atoms with Gasteiger partial charge in [0.1, 0.15) is 16.1 Å². The summed E-state index contributed by atoms with van der Waals surface area (Å²) in [6.07, 6.45) is 0. The van der Waals surface area contributed by atoms with E-state index in [1.54, 1.807) is 18.2 Å². The fourth-order valence-corrected chi connectivity index (χ4v) is 2.91. The van der Waals surface area contributed by atoms with E-state index in [1.807, 2.05) is 0 Å². The number of benzene rings is 2. The highest BCUT2D eigenvalue weighted by Gasteiger charge is 2.14. The predicted molar refractivity (Wildman–Crippen MR) is 99.2 cm³/mol. The number of carbonyl (C=O) groups is 1. The second kappa shape index (κ2) is 7.05. The maximum atomic E-state index is 12.2. The van der Waals surface area contributed by atoms with Gasteiger partial charge >= 0.3 is 0 Å². The highest BCUT2D eigenvalue weighted by Crippen LogP contribution is 2.27. The van der Waals surface area contributed by atoms with E-state index in [0.29, 0.717) is 22.3 Å². The van der Waals surface area contributed by atoms with Gasteiger partial charge in [0, 0.05) is 17.3 Å². The minimum atomic E-state index is -0.605. The number of nitro groups is 1. The third kappa shape index (κ3) is 3.87. The Labute approximate surface area is 155 Å². The van der Waals surface area contributed by atoms with Crippen LogP contribution in [0.25, 0.3) is 11.0 Å². The van der Waals surface area contributed by atoms with Crippen molar-refractivity contribution in [2.45, 2.75) is 0 Å². The highest BCUT2D eigenvalue weighted by molar-refractivity contribution is 7.80. The average molecular weight is 394 g/mol. The average Bonchev–Trinajstić information content (AvgIpc) is 3.03. The van der Waals surface area contributed by atoms with E-state index in [1.165, 1.54) is 18.2 Å². The number of halogens is 1. The van der Waals surface area contributed by atoms with Gasteiger partial charge in [-0.05, 0) is 42.5 Å².